The molecule has 2 heterocycles. The van der Waals surface area contributed by atoms with E-state index in [1.807, 2.05) is 13.0 Å². The first-order valence-electron chi connectivity index (χ1n) is 6.40. The molecule has 114 valence electrons. The number of sulfonamides is 1. The molecule has 1 atom stereocenters. The van der Waals surface area contributed by atoms with Crippen LogP contribution in [-0.4, -0.2) is 19.9 Å². The number of aromatic nitrogens is 1. The fraction of sp³-hybridized carbons (Fsp3) is 0.308. The van der Waals surface area contributed by atoms with E-state index in [0.717, 1.165) is 11.4 Å². The Bertz CT molecular complexity index is 698. The maximum absolute atomic E-state index is 12.3. The van der Waals surface area contributed by atoms with Crippen molar-refractivity contribution in [3.05, 3.63) is 39.7 Å². The van der Waals surface area contributed by atoms with Gasteiger partial charge in [-0.05, 0) is 38.1 Å². The first-order chi connectivity index (χ1) is 9.92. The molecule has 2 rings (SSSR count). The van der Waals surface area contributed by atoms with Gasteiger partial charge in [-0.15, -0.1) is 11.3 Å². The molecule has 2 aromatic rings. The standard InChI is InChI=1S/C13H16ClN3O2S2/c1-3-15-13-7-4-10(8-16-13)21(18,19)17-9(2)11-5-6-12(14)20-11/h4-9,17H,3H2,1-2H3,(H,15,16). The fourth-order valence-electron chi connectivity index (χ4n) is 1.74. The number of hydrogen-bond acceptors (Lipinski definition) is 5. The number of pyridine rings is 1. The summed E-state index contributed by atoms with van der Waals surface area (Å²) in [6.07, 6.45) is 1.34. The third-order valence-electron chi connectivity index (χ3n) is 2.76. The molecule has 2 N–H and O–H groups in total. The van der Waals surface area contributed by atoms with Crippen LogP contribution >= 0.6 is 22.9 Å². The van der Waals surface area contributed by atoms with Gasteiger partial charge in [0.2, 0.25) is 10.0 Å². The second-order valence-corrected chi connectivity index (χ2v) is 7.85. The number of halogens is 1. The molecular weight excluding hydrogens is 330 g/mol. The van der Waals surface area contributed by atoms with Crippen molar-refractivity contribution in [3.63, 3.8) is 0 Å². The summed E-state index contributed by atoms with van der Waals surface area (Å²) in [5, 5.41) is 3.02. The smallest absolute Gasteiger partial charge is 0.242 e. The van der Waals surface area contributed by atoms with Gasteiger partial charge < -0.3 is 5.32 Å². The normalized spacial score (nSPS) is 13.1. The van der Waals surface area contributed by atoms with Crippen molar-refractivity contribution in [2.45, 2.75) is 24.8 Å². The maximum atomic E-state index is 12.3. The minimum atomic E-state index is -3.61. The van der Waals surface area contributed by atoms with E-state index in [-0.39, 0.29) is 10.9 Å². The highest BCUT2D eigenvalue weighted by molar-refractivity contribution is 7.89. The number of rotatable bonds is 6. The molecule has 1 unspecified atom stereocenters. The molecule has 8 heteroatoms. The van der Waals surface area contributed by atoms with Crippen LogP contribution in [0.4, 0.5) is 5.82 Å². The molecule has 0 amide bonds. The van der Waals surface area contributed by atoms with Crippen molar-refractivity contribution in [1.29, 1.82) is 0 Å². The second-order valence-electron chi connectivity index (χ2n) is 4.39. The van der Waals surface area contributed by atoms with Gasteiger partial charge in [0.25, 0.3) is 0 Å². The first kappa shape index (κ1) is 16.2. The minimum Gasteiger partial charge on any atom is -0.370 e. The maximum Gasteiger partial charge on any atom is 0.242 e. The molecule has 0 saturated carbocycles. The van der Waals surface area contributed by atoms with E-state index >= 15 is 0 Å². The summed E-state index contributed by atoms with van der Waals surface area (Å²) in [5.74, 6) is 0.648. The van der Waals surface area contributed by atoms with E-state index in [2.05, 4.69) is 15.0 Å². The van der Waals surface area contributed by atoms with Crippen LogP contribution in [0.2, 0.25) is 4.34 Å². The molecule has 0 aliphatic rings. The van der Waals surface area contributed by atoms with Gasteiger partial charge in [0.05, 0.1) is 10.4 Å². The Balaban J connectivity index is 2.14. The lowest BCUT2D eigenvalue weighted by Gasteiger charge is -2.13. The summed E-state index contributed by atoms with van der Waals surface area (Å²) in [6.45, 7) is 4.45. The highest BCUT2D eigenvalue weighted by Gasteiger charge is 2.19. The highest BCUT2D eigenvalue weighted by atomic mass is 35.5. The van der Waals surface area contributed by atoms with Gasteiger partial charge in [0, 0.05) is 17.6 Å². The number of thiophene rings is 1. The van der Waals surface area contributed by atoms with E-state index < -0.39 is 10.0 Å². The van der Waals surface area contributed by atoms with Gasteiger partial charge in [0.1, 0.15) is 10.7 Å². The predicted molar refractivity (Wildman–Crippen MR) is 86.5 cm³/mol. The Kier molecular flexibility index (Phi) is 5.21. The topological polar surface area (TPSA) is 71.1 Å². The van der Waals surface area contributed by atoms with Crippen LogP contribution in [0.15, 0.2) is 35.4 Å². The van der Waals surface area contributed by atoms with Gasteiger partial charge in [0.15, 0.2) is 0 Å². The van der Waals surface area contributed by atoms with Gasteiger partial charge in [-0.25, -0.2) is 18.1 Å². The number of anilines is 1. The molecular formula is C13H16ClN3O2S2. The summed E-state index contributed by atoms with van der Waals surface area (Å²) in [7, 11) is -3.61. The van der Waals surface area contributed by atoms with Crippen molar-refractivity contribution in [1.82, 2.24) is 9.71 Å². The van der Waals surface area contributed by atoms with Crippen LogP contribution in [0.1, 0.15) is 24.8 Å². The van der Waals surface area contributed by atoms with Crippen molar-refractivity contribution >= 4 is 38.8 Å². The van der Waals surface area contributed by atoms with Gasteiger partial charge in [-0.1, -0.05) is 11.6 Å². The predicted octanol–water partition coefficient (Wildman–Crippen LogP) is 3.27. The van der Waals surface area contributed by atoms with E-state index in [0.29, 0.717) is 10.2 Å². The van der Waals surface area contributed by atoms with Crippen LogP contribution in [0.5, 0.6) is 0 Å². The minimum absolute atomic E-state index is 0.138. The van der Waals surface area contributed by atoms with E-state index in [4.69, 9.17) is 11.6 Å². The molecule has 0 saturated heterocycles. The molecule has 5 nitrogen and oxygen atoms in total. The Morgan fingerprint density at radius 2 is 2.10 bits per heavy atom. The average Bonchev–Trinajstić information content (AvgIpc) is 2.86. The molecule has 0 aliphatic carbocycles. The number of hydrogen-bond donors (Lipinski definition) is 2. The molecule has 0 bridgehead atoms. The van der Waals surface area contributed by atoms with Crippen molar-refractivity contribution in [3.8, 4) is 0 Å². The zero-order valence-electron chi connectivity index (χ0n) is 11.6. The summed E-state index contributed by atoms with van der Waals surface area (Å²) in [4.78, 5) is 5.07. The van der Waals surface area contributed by atoms with Gasteiger partial charge >= 0.3 is 0 Å². The van der Waals surface area contributed by atoms with Gasteiger partial charge in [-0.2, -0.15) is 0 Å². The molecule has 2 aromatic heterocycles. The van der Waals surface area contributed by atoms with E-state index in [9.17, 15) is 8.42 Å². The van der Waals surface area contributed by atoms with Crippen LogP contribution in [-0.2, 0) is 10.0 Å². The van der Waals surface area contributed by atoms with Crippen LogP contribution < -0.4 is 10.0 Å². The summed E-state index contributed by atoms with van der Waals surface area (Å²) >= 11 is 7.22. The zero-order valence-corrected chi connectivity index (χ0v) is 14.0. The van der Waals surface area contributed by atoms with Crippen molar-refractivity contribution < 1.29 is 8.42 Å². The molecule has 0 fully saturated rings. The molecule has 0 radical (unpaired) electrons. The van der Waals surface area contributed by atoms with Crippen molar-refractivity contribution in [2.75, 3.05) is 11.9 Å². The Labute approximate surface area is 133 Å². The Hall–Kier alpha value is -1.15. The monoisotopic (exact) mass is 345 g/mol. The van der Waals surface area contributed by atoms with Crippen LogP contribution in [0.25, 0.3) is 0 Å². The summed E-state index contributed by atoms with van der Waals surface area (Å²) < 4.78 is 27.8. The lowest BCUT2D eigenvalue weighted by molar-refractivity contribution is 0.568. The molecule has 0 aromatic carbocycles. The lowest BCUT2D eigenvalue weighted by atomic mass is 10.3. The van der Waals surface area contributed by atoms with Crippen LogP contribution in [0.3, 0.4) is 0 Å². The van der Waals surface area contributed by atoms with Crippen molar-refractivity contribution in [2.24, 2.45) is 0 Å². The Morgan fingerprint density at radius 1 is 1.33 bits per heavy atom. The van der Waals surface area contributed by atoms with E-state index in [1.165, 1.54) is 23.6 Å². The number of nitrogens with one attached hydrogen (secondary N) is 2. The van der Waals surface area contributed by atoms with Crippen LogP contribution in [0, 0.1) is 0 Å². The lowest BCUT2D eigenvalue weighted by Crippen LogP contribution is -2.26. The molecule has 0 spiro atoms. The third kappa shape index (κ3) is 4.16. The highest BCUT2D eigenvalue weighted by Crippen LogP contribution is 2.27. The zero-order chi connectivity index (χ0) is 15.5. The first-order valence-corrected chi connectivity index (χ1v) is 9.07. The average molecular weight is 346 g/mol. The molecule has 0 aliphatic heterocycles. The number of nitrogens with zero attached hydrogens (tertiary/aromatic N) is 1. The second kappa shape index (κ2) is 6.74. The van der Waals surface area contributed by atoms with Gasteiger partial charge in [-0.3, -0.25) is 0 Å². The summed E-state index contributed by atoms with van der Waals surface area (Å²) in [6, 6.07) is 6.39. The Morgan fingerprint density at radius 3 is 2.62 bits per heavy atom. The largest absolute Gasteiger partial charge is 0.370 e. The summed E-state index contributed by atoms with van der Waals surface area (Å²) in [5.41, 5.74) is 0. The van der Waals surface area contributed by atoms with E-state index in [1.54, 1.807) is 19.1 Å². The fourth-order valence-corrected chi connectivity index (χ4v) is 4.05. The quantitative estimate of drug-likeness (QED) is 0.842. The third-order valence-corrected chi connectivity index (χ3v) is 5.70. The molecule has 21 heavy (non-hydrogen) atoms. The SMILES string of the molecule is CCNc1ccc(S(=O)(=O)NC(C)c2ccc(Cl)s2)cn1.